The summed E-state index contributed by atoms with van der Waals surface area (Å²) in [5, 5.41) is 13.5. The molecule has 1 rings (SSSR count). The molecule has 1 atom stereocenters. The third kappa shape index (κ3) is 3.81. The molecule has 1 amide bonds. The van der Waals surface area contributed by atoms with Crippen LogP contribution in [0.5, 0.6) is 0 Å². The number of rotatable bonds is 6. The predicted octanol–water partition coefficient (Wildman–Crippen LogP) is 0.991. The van der Waals surface area contributed by atoms with Crippen LogP contribution in [0.1, 0.15) is 18.9 Å². The summed E-state index contributed by atoms with van der Waals surface area (Å²) in [4.78, 5) is 22.0. The molecule has 0 radical (unpaired) electrons. The van der Waals surface area contributed by atoms with Crippen molar-refractivity contribution in [2.75, 3.05) is 6.54 Å². The van der Waals surface area contributed by atoms with Gasteiger partial charge in [0.2, 0.25) is 5.91 Å². The Morgan fingerprint density at radius 3 is 2.72 bits per heavy atom. The van der Waals surface area contributed by atoms with E-state index in [9.17, 15) is 14.9 Å². The molecule has 0 spiro atoms. The van der Waals surface area contributed by atoms with Gasteiger partial charge in [0.1, 0.15) is 0 Å². The minimum Gasteiger partial charge on any atom is -0.352 e. The van der Waals surface area contributed by atoms with E-state index >= 15 is 0 Å². The molecule has 0 saturated carbocycles. The van der Waals surface area contributed by atoms with Crippen molar-refractivity contribution in [2.45, 2.75) is 25.8 Å². The Bertz CT molecular complexity index is 430. The Kier molecular flexibility index (Phi) is 5.26. The zero-order valence-corrected chi connectivity index (χ0v) is 10.3. The lowest BCUT2D eigenvalue weighted by Crippen LogP contribution is -2.40. The van der Waals surface area contributed by atoms with Gasteiger partial charge in [-0.15, -0.1) is 0 Å². The fourth-order valence-corrected chi connectivity index (χ4v) is 1.62. The summed E-state index contributed by atoms with van der Waals surface area (Å²) in [6.45, 7) is 2.28. The third-order valence-corrected chi connectivity index (χ3v) is 2.68. The van der Waals surface area contributed by atoms with Crippen LogP contribution < -0.4 is 11.1 Å². The van der Waals surface area contributed by atoms with Crippen LogP contribution in [-0.4, -0.2) is 23.4 Å². The van der Waals surface area contributed by atoms with Crippen LogP contribution in [0.2, 0.25) is 0 Å². The minimum absolute atomic E-state index is 0.00630. The molecule has 0 saturated heterocycles. The molecule has 18 heavy (non-hydrogen) atoms. The Morgan fingerprint density at radius 1 is 1.50 bits per heavy atom. The van der Waals surface area contributed by atoms with Gasteiger partial charge in [-0.2, -0.15) is 0 Å². The average molecular weight is 251 g/mol. The lowest BCUT2D eigenvalue weighted by atomic mass is 10.1. The largest absolute Gasteiger partial charge is 0.352 e. The van der Waals surface area contributed by atoms with E-state index in [4.69, 9.17) is 5.73 Å². The molecule has 6 heteroatoms. The van der Waals surface area contributed by atoms with Crippen molar-refractivity contribution in [1.82, 2.24) is 5.32 Å². The number of benzene rings is 1. The second-order valence-electron chi connectivity index (χ2n) is 3.97. The zero-order valence-electron chi connectivity index (χ0n) is 10.3. The number of carbonyl (C=O) groups excluding carboxylic acids is 1. The van der Waals surface area contributed by atoms with Crippen molar-refractivity contribution in [2.24, 2.45) is 5.73 Å². The number of nitro benzene ring substituents is 1. The zero-order chi connectivity index (χ0) is 13.5. The Balaban J connectivity index is 2.73. The standard InChI is InChI=1S/C12H17N3O3/c1-2-10(8-13)14-12(16)7-9-5-3-4-6-11(9)15(17)18/h3-6,10H,2,7-8,13H2,1H3,(H,14,16). The Hall–Kier alpha value is -1.95. The molecule has 3 N–H and O–H groups in total. The predicted molar refractivity (Wildman–Crippen MR) is 68.1 cm³/mol. The van der Waals surface area contributed by atoms with Crippen molar-refractivity contribution in [1.29, 1.82) is 0 Å². The summed E-state index contributed by atoms with van der Waals surface area (Å²) in [5.41, 5.74) is 5.86. The number of hydrogen-bond acceptors (Lipinski definition) is 4. The number of hydrogen-bond donors (Lipinski definition) is 2. The number of nitrogens with one attached hydrogen (secondary N) is 1. The fraction of sp³-hybridized carbons (Fsp3) is 0.417. The maximum atomic E-state index is 11.7. The van der Waals surface area contributed by atoms with Gasteiger partial charge in [0.25, 0.3) is 5.69 Å². The first-order valence-electron chi connectivity index (χ1n) is 5.80. The highest BCUT2D eigenvalue weighted by Crippen LogP contribution is 2.17. The van der Waals surface area contributed by atoms with Crippen LogP contribution in [0.15, 0.2) is 24.3 Å². The average Bonchev–Trinajstić information content (AvgIpc) is 2.36. The summed E-state index contributed by atoms with van der Waals surface area (Å²) >= 11 is 0. The third-order valence-electron chi connectivity index (χ3n) is 2.68. The minimum atomic E-state index is -0.483. The molecule has 0 aliphatic carbocycles. The number of para-hydroxylation sites is 1. The molecule has 1 aromatic rings. The highest BCUT2D eigenvalue weighted by atomic mass is 16.6. The van der Waals surface area contributed by atoms with Gasteiger partial charge < -0.3 is 11.1 Å². The molecular formula is C12H17N3O3. The summed E-state index contributed by atoms with van der Waals surface area (Å²) in [6.07, 6.45) is 0.729. The molecule has 0 bridgehead atoms. The van der Waals surface area contributed by atoms with Crippen molar-refractivity contribution in [3.63, 3.8) is 0 Å². The number of nitrogens with zero attached hydrogens (tertiary/aromatic N) is 1. The Labute approximate surface area is 105 Å². The quantitative estimate of drug-likeness (QED) is 0.581. The first-order valence-corrected chi connectivity index (χ1v) is 5.80. The van der Waals surface area contributed by atoms with Crippen LogP contribution >= 0.6 is 0 Å². The van der Waals surface area contributed by atoms with E-state index < -0.39 is 4.92 Å². The molecule has 6 nitrogen and oxygen atoms in total. The summed E-state index contributed by atoms with van der Waals surface area (Å²) < 4.78 is 0. The molecule has 0 heterocycles. The van der Waals surface area contributed by atoms with E-state index in [0.717, 1.165) is 6.42 Å². The van der Waals surface area contributed by atoms with Crippen molar-refractivity contribution < 1.29 is 9.72 Å². The fourth-order valence-electron chi connectivity index (χ4n) is 1.62. The second kappa shape index (κ2) is 6.70. The first-order chi connectivity index (χ1) is 8.58. The van der Waals surface area contributed by atoms with Crippen molar-refractivity contribution in [3.8, 4) is 0 Å². The van der Waals surface area contributed by atoms with Gasteiger partial charge in [-0.3, -0.25) is 14.9 Å². The van der Waals surface area contributed by atoms with E-state index in [0.29, 0.717) is 12.1 Å². The monoisotopic (exact) mass is 251 g/mol. The summed E-state index contributed by atoms with van der Waals surface area (Å²) in [7, 11) is 0. The van der Waals surface area contributed by atoms with E-state index in [1.165, 1.54) is 6.07 Å². The number of amides is 1. The Morgan fingerprint density at radius 2 is 2.17 bits per heavy atom. The number of carbonyl (C=O) groups is 1. The molecule has 0 aliphatic heterocycles. The summed E-state index contributed by atoms with van der Waals surface area (Å²) in [6, 6.07) is 6.15. The highest BCUT2D eigenvalue weighted by Gasteiger charge is 2.16. The van der Waals surface area contributed by atoms with Gasteiger partial charge in [0, 0.05) is 24.2 Å². The van der Waals surface area contributed by atoms with E-state index in [-0.39, 0.29) is 24.1 Å². The van der Waals surface area contributed by atoms with Crippen molar-refractivity contribution >= 4 is 11.6 Å². The number of nitro groups is 1. The molecule has 1 aromatic carbocycles. The van der Waals surface area contributed by atoms with Gasteiger partial charge in [-0.05, 0) is 6.42 Å². The molecule has 0 aromatic heterocycles. The molecule has 0 aliphatic rings. The molecule has 0 fully saturated rings. The van der Waals surface area contributed by atoms with E-state index in [2.05, 4.69) is 5.32 Å². The maximum absolute atomic E-state index is 11.7. The smallest absolute Gasteiger partial charge is 0.273 e. The first kappa shape index (κ1) is 14.1. The van der Waals surface area contributed by atoms with Crippen LogP contribution in [-0.2, 0) is 11.2 Å². The van der Waals surface area contributed by atoms with Crippen molar-refractivity contribution in [3.05, 3.63) is 39.9 Å². The van der Waals surface area contributed by atoms with Crippen LogP contribution in [0.4, 0.5) is 5.69 Å². The van der Waals surface area contributed by atoms with Gasteiger partial charge in [-0.25, -0.2) is 0 Å². The normalized spacial score (nSPS) is 11.9. The van der Waals surface area contributed by atoms with Crippen LogP contribution in [0.25, 0.3) is 0 Å². The molecule has 1 unspecified atom stereocenters. The van der Waals surface area contributed by atoms with Crippen LogP contribution in [0.3, 0.4) is 0 Å². The highest BCUT2D eigenvalue weighted by molar-refractivity contribution is 5.80. The lowest BCUT2D eigenvalue weighted by molar-refractivity contribution is -0.385. The maximum Gasteiger partial charge on any atom is 0.273 e. The van der Waals surface area contributed by atoms with E-state index in [1.54, 1.807) is 18.2 Å². The van der Waals surface area contributed by atoms with E-state index in [1.807, 2.05) is 6.92 Å². The van der Waals surface area contributed by atoms with Gasteiger partial charge in [0.05, 0.1) is 11.3 Å². The van der Waals surface area contributed by atoms with Gasteiger partial charge in [-0.1, -0.05) is 25.1 Å². The summed E-state index contributed by atoms with van der Waals surface area (Å²) in [5.74, 6) is -0.249. The topological polar surface area (TPSA) is 98.3 Å². The second-order valence-corrected chi connectivity index (χ2v) is 3.97. The number of nitrogens with two attached hydrogens (primary N) is 1. The molecular weight excluding hydrogens is 234 g/mol. The SMILES string of the molecule is CCC(CN)NC(=O)Cc1ccccc1[N+](=O)[O-]. The lowest BCUT2D eigenvalue weighted by Gasteiger charge is -2.14. The molecule has 98 valence electrons. The van der Waals surface area contributed by atoms with Crippen LogP contribution in [0, 0.1) is 10.1 Å². The van der Waals surface area contributed by atoms with Gasteiger partial charge >= 0.3 is 0 Å². The van der Waals surface area contributed by atoms with Gasteiger partial charge in [0.15, 0.2) is 0 Å².